The summed E-state index contributed by atoms with van der Waals surface area (Å²) in [6.07, 6.45) is 0. The number of hydrogen-bond donors (Lipinski definition) is 0. The Labute approximate surface area is 133 Å². The van der Waals surface area contributed by atoms with Crippen molar-refractivity contribution >= 4 is 59.1 Å². The van der Waals surface area contributed by atoms with E-state index in [9.17, 15) is 8.78 Å². The van der Waals surface area contributed by atoms with Gasteiger partial charge in [0.1, 0.15) is 11.6 Å². The number of thiophene rings is 1. The molecular formula is C12H7Br3F2S. The van der Waals surface area contributed by atoms with E-state index in [1.54, 1.807) is 6.92 Å². The van der Waals surface area contributed by atoms with Crippen LogP contribution in [-0.4, -0.2) is 0 Å². The van der Waals surface area contributed by atoms with Gasteiger partial charge in [-0.2, -0.15) is 0 Å². The zero-order valence-corrected chi connectivity index (χ0v) is 14.7. The van der Waals surface area contributed by atoms with Gasteiger partial charge in [0.25, 0.3) is 0 Å². The molecule has 0 saturated heterocycles. The first-order valence-electron chi connectivity index (χ1n) is 4.95. The predicted molar refractivity (Wildman–Crippen MR) is 81.6 cm³/mol. The molecule has 2 rings (SSSR count). The fraction of sp³-hybridized carbons (Fsp3) is 0.167. The summed E-state index contributed by atoms with van der Waals surface area (Å²) in [6.45, 7) is 1.62. The van der Waals surface area contributed by atoms with E-state index in [1.807, 2.05) is 6.07 Å². The average Bonchev–Trinajstić information content (AvgIpc) is 2.65. The van der Waals surface area contributed by atoms with Crippen molar-refractivity contribution in [1.82, 2.24) is 0 Å². The lowest BCUT2D eigenvalue weighted by molar-refractivity contribution is 0.556. The molecule has 0 aliphatic heterocycles. The lowest BCUT2D eigenvalue weighted by Gasteiger charge is -2.12. The van der Waals surface area contributed by atoms with E-state index >= 15 is 0 Å². The quantitative estimate of drug-likeness (QED) is 0.458. The highest BCUT2D eigenvalue weighted by Crippen LogP contribution is 2.43. The summed E-state index contributed by atoms with van der Waals surface area (Å²) in [6, 6.07) is 4.57. The zero-order chi connectivity index (χ0) is 13.4. The Morgan fingerprint density at radius 1 is 1.22 bits per heavy atom. The minimum absolute atomic E-state index is 0.0521. The van der Waals surface area contributed by atoms with Crippen LogP contribution in [-0.2, 0) is 0 Å². The first-order chi connectivity index (χ1) is 8.41. The number of benzene rings is 1. The summed E-state index contributed by atoms with van der Waals surface area (Å²) in [5.41, 5.74) is 0.488. The minimum atomic E-state index is -0.541. The molecule has 0 bridgehead atoms. The van der Waals surface area contributed by atoms with Gasteiger partial charge >= 0.3 is 0 Å². The number of halogens is 5. The molecule has 96 valence electrons. The molecule has 0 nitrogen and oxygen atoms in total. The third kappa shape index (κ3) is 2.71. The maximum Gasteiger partial charge on any atom is 0.133 e. The van der Waals surface area contributed by atoms with E-state index in [4.69, 9.17) is 0 Å². The fourth-order valence-corrected chi connectivity index (χ4v) is 4.45. The van der Waals surface area contributed by atoms with Gasteiger partial charge in [-0.15, -0.1) is 11.3 Å². The van der Waals surface area contributed by atoms with Crippen LogP contribution in [0.15, 0.2) is 26.5 Å². The van der Waals surface area contributed by atoms with Crippen LogP contribution in [0.5, 0.6) is 0 Å². The lowest BCUT2D eigenvalue weighted by atomic mass is 10.1. The van der Waals surface area contributed by atoms with Crippen LogP contribution in [0.25, 0.3) is 0 Å². The maximum absolute atomic E-state index is 14.0. The minimum Gasteiger partial charge on any atom is -0.207 e. The first-order valence-corrected chi connectivity index (χ1v) is 8.27. The summed E-state index contributed by atoms with van der Waals surface area (Å²) >= 11 is 11.5. The van der Waals surface area contributed by atoms with Crippen molar-refractivity contribution in [2.24, 2.45) is 0 Å². The molecule has 18 heavy (non-hydrogen) atoms. The summed E-state index contributed by atoms with van der Waals surface area (Å²) in [5, 5.41) is 0. The second-order valence-electron chi connectivity index (χ2n) is 3.72. The largest absolute Gasteiger partial charge is 0.207 e. The normalized spacial score (nSPS) is 12.8. The lowest BCUT2D eigenvalue weighted by Crippen LogP contribution is -2.01. The maximum atomic E-state index is 14.0. The molecule has 0 fully saturated rings. The zero-order valence-electron chi connectivity index (χ0n) is 9.11. The average molecular weight is 461 g/mol. The molecule has 6 heteroatoms. The van der Waals surface area contributed by atoms with E-state index in [0.29, 0.717) is 5.56 Å². The van der Waals surface area contributed by atoms with Gasteiger partial charge in [-0.1, -0.05) is 22.0 Å². The van der Waals surface area contributed by atoms with Gasteiger partial charge in [0.05, 0.1) is 8.61 Å². The molecule has 1 aromatic heterocycles. The van der Waals surface area contributed by atoms with Gasteiger partial charge in [0.15, 0.2) is 0 Å². The first kappa shape index (κ1) is 14.6. The number of alkyl halides is 1. The Kier molecular flexibility index (Phi) is 4.62. The topological polar surface area (TPSA) is 0 Å². The van der Waals surface area contributed by atoms with E-state index in [1.165, 1.54) is 23.5 Å². The second kappa shape index (κ2) is 5.69. The molecular weight excluding hydrogens is 454 g/mol. The summed E-state index contributed by atoms with van der Waals surface area (Å²) in [7, 11) is 0. The van der Waals surface area contributed by atoms with Crippen molar-refractivity contribution in [3.05, 3.63) is 54.1 Å². The molecule has 0 radical (unpaired) electrons. The van der Waals surface area contributed by atoms with Gasteiger partial charge in [-0.25, -0.2) is 8.78 Å². The highest BCUT2D eigenvalue weighted by atomic mass is 79.9. The summed E-state index contributed by atoms with van der Waals surface area (Å²) in [5.74, 6) is -1.04. The third-order valence-corrected chi connectivity index (χ3v) is 7.06. The summed E-state index contributed by atoms with van der Waals surface area (Å²) in [4.78, 5) is 0.335. The molecule has 0 aliphatic carbocycles. The standard InChI is InChI=1S/C12H7Br3F2S/c1-5-2-3-7(16)9(11(5)17)10(14)8-4-6(13)12(15)18-8/h2-4,10H,1H3. The smallest absolute Gasteiger partial charge is 0.133 e. The van der Waals surface area contributed by atoms with Gasteiger partial charge < -0.3 is 0 Å². The van der Waals surface area contributed by atoms with Crippen molar-refractivity contribution in [1.29, 1.82) is 0 Å². The van der Waals surface area contributed by atoms with Gasteiger partial charge in [-0.3, -0.25) is 0 Å². The van der Waals surface area contributed by atoms with Crippen molar-refractivity contribution in [3.8, 4) is 0 Å². The van der Waals surface area contributed by atoms with Crippen LogP contribution in [0.2, 0.25) is 0 Å². The molecule has 0 N–H and O–H groups in total. The number of aryl methyl sites for hydroxylation is 1. The van der Waals surface area contributed by atoms with Crippen LogP contribution in [0.4, 0.5) is 8.78 Å². The Hall–Kier alpha value is 0.220. The highest BCUT2D eigenvalue weighted by molar-refractivity contribution is 9.13. The van der Waals surface area contributed by atoms with Crippen molar-refractivity contribution < 1.29 is 8.78 Å². The second-order valence-corrected chi connectivity index (χ2v) is 7.90. The summed E-state index contributed by atoms with van der Waals surface area (Å²) < 4.78 is 29.6. The molecule has 1 aromatic carbocycles. The Morgan fingerprint density at radius 3 is 2.44 bits per heavy atom. The third-order valence-electron chi connectivity index (χ3n) is 2.49. The predicted octanol–water partition coefficient (Wildman–Crippen LogP) is 6.34. The van der Waals surface area contributed by atoms with E-state index in [0.717, 1.165) is 13.1 Å². The molecule has 0 amide bonds. The Morgan fingerprint density at radius 2 is 1.89 bits per heavy atom. The molecule has 1 atom stereocenters. The Balaban J connectivity index is 2.52. The molecule has 0 spiro atoms. The van der Waals surface area contributed by atoms with Crippen LogP contribution in [0.1, 0.15) is 20.8 Å². The van der Waals surface area contributed by atoms with Crippen molar-refractivity contribution in [2.75, 3.05) is 0 Å². The van der Waals surface area contributed by atoms with Crippen LogP contribution >= 0.6 is 59.1 Å². The number of rotatable bonds is 2. The van der Waals surface area contributed by atoms with Gasteiger partial charge in [0, 0.05) is 14.9 Å². The van der Waals surface area contributed by atoms with Crippen LogP contribution in [0, 0.1) is 18.6 Å². The fourth-order valence-electron chi connectivity index (χ4n) is 1.54. The Bertz CT molecular complexity index is 576. The van der Waals surface area contributed by atoms with Crippen LogP contribution < -0.4 is 0 Å². The van der Waals surface area contributed by atoms with Gasteiger partial charge in [-0.05, 0) is 56.5 Å². The van der Waals surface area contributed by atoms with E-state index in [-0.39, 0.29) is 5.56 Å². The molecule has 2 aromatic rings. The van der Waals surface area contributed by atoms with Crippen molar-refractivity contribution in [2.45, 2.75) is 11.8 Å². The monoisotopic (exact) mass is 458 g/mol. The molecule has 1 unspecified atom stereocenters. The highest BCUT2D eigenvalue weighted by Gasteiger charge is 2.23. The van der Waals surface area contributed by atoms with Gasteiger partial charge in [0.2, 0.25) is 0 Å². The molecule has 0 aliphatic rings. The number of hydrogen-bond acceptors (Lipinski definition) is 1. The van der Waals surface area contributed by atoms with E-state index < -0.39 is 16.5 Å². The van der Waals surface area contributed by atoms with E-state index in [2.05, 4.69) is 47.8 Å². The van der Waals surface area contributed by atoms with Crippen molar-refractivity contribution in [3.63, 3.8) is 0 Å². The molecule has 1 heterocycles. The molecule has 0 saturated carbocycles. The SMILES string of the molecule is Cc1ccc(F)c(C(Br)c2cc(Br)c(Br)s2)c1F. The van der Waals surface area contributed by atoms with Crippen LogP contribution in [0.3, 0.4) is 0 Å².